The smallest absolute Gasteiger partial charge is 0.0973 e. The summed E-state index contributed by atoms with van der Waals surface area (Å²) in [6, 6.07) is 0. The van der Waals surface area contributed by atoms with Crippen molar-refractivity contribution in [2.45, 2.75) is 39.2 Å². The van der Waals surface area contributed by atoms with E-state index >= 15 is 0 Å². The molecule has 86 valence electrons. The second kappa shape index (κ2) is 5.05. The standard InChI is InChI=1S/C12H18N4/c1-9-6-15-11(7-14-9)8-16-12(13)10-4-2-3-5-10/h6-7,10H,2-5,8H2,1H3,(H2,13,16). The fourth-order valence-corrected chi connectivity index (χ4v) is 2.02. The predicted octanol–water partition coefficient (Wildman–Crippen LogP) is 1.83. The summed E-state index contributed by atoms with van der Waals surface area (Å²) in [6.07, 6.45) is 8.47. The van der Waals surface area contributed by atoms with Gasteiger partial charge in [0.1, 0.15) is 0 Å². The Kier molecular flexibility index (Phi) is 3.49. The first-order valence-corrected chi connectivity index (χ1v) is 5.83. The van der Waals surface area contributed by atoms with Crippen LogP contribution in [-0.2, 0) is 6.54 Å². The molecule has 0 unspecified atom stereocenters. The maximum absolute atomic E-state index is 5.96. The lowest BCUT2D eigenvalue weighted by molar-refractivity contribution is 0.714. The first-order valence-electron chi connectivity index (χ1n) is 5.83. The van der Waals surface area contributed by atoms with Gasteiger partial charge in [-0.2, -0.15) is 0 Å². The number of nitrogens with two attached hydrogens (primary N) is 1. The molecular weight excluding hydrogens is 200 g/mol. The fraction of sp³-hybridized carbons (Fsp3) is 0.583. The van der Waals surface area contributed by atoms with Gasteiger partial charge in [-0.05, 0) is 19.8 Å². The Labute approximate surface area is 96.0 Å². The van der Waals surface area contributed by atoms with E-state index in [0.717, 1.165) is 17.2 Å². The number of nitrogens with zero attached hydrogens (tertiary/aromatic N) is 3. The molecule has 0 amide bonds. The van der Waals surface area contributed by atoms with Gasteiger partial charge in [-0.25, -0.2) is 0 Å². The second-order valence-corrected chi connectivity index (χ2v) is 4.37. The van der Waals surface area contributed by atoms with Crippen molar-refractivity contribution in [1.29, 1.82) is 0 Å². The van der Waals surface area contributed by atoms with Gasteiger partial charge < -0.3 is 5.73 Å². The van der Waals surface area contributed by atoms with Gasteiger partial charge in [0.05, 0.1) is 30.0 Å². The van der Waals surface area contributed by atoms with Crippen molar-refractivity contribution >= 4 is 5.84 Å². The number of hydrogen-bond donors (Lipinski definition) is 1. The van der Waals surface area contributed by atoms with E-state index in [0.29, 0.717) is 12.5 Å². The molecule has 1 aromatic rings. The lowest BCUT2D eigenvalue weighted by atomic mass is 10.1. The Bertz CT molecular complexity index is 363. The molecule has 4 nitrogen and oxygen atoms in total. The molecule has 4 heteroatoms. The summed E-state index contributed by atoms with van der Waals surface area (Å²) in [4.78, 5) is 12.8. The SMILES string of the molecule is Cc1cnc(CN=C(N)C2CCCC2)cn1. The van der Waals surface area contributed by atoms with Crippen LogP contribution in [-0.4, -0.2) is 15.8 Å². The highest BCUT2D eigenvalue weighted by Gasteiger charge is 2.18. The van der Waals surface area contributed by atoms with Gasteiger partial charge in [-0.15, -0.1) is 0 Å². The molecule has 1 fully saturated rings. The van der Waals surface area contributed by atoms with Crippen LogP contribution in [0.4, 0.5) is 0 Å². The van der Waals surface area contributed by atoms with Crippen LogP contribution in [0.5, 0.6) is 0 Å². The molecule has 1 heterocycles. The van der Waals surface area contributed by atoms with Crippen molar-refractivity contribution in [1.82, 2.24) is 9.97 Å². The van der Waals surface area contributed by atoms with E-state index in [1.54, 1.807) is 12.4 Å². The molecular formula is C12H18N4. The topological polar surface area (TPSA) is 64.2 Å². The molecule has 2 N–H and O–H groups in total. The van der Waals surface area contributed by atoms with E-state index < -0.39 is 0 Å². The Balaban J connectivity index is 1.94. The first-order chi connectivity index (χ1) is 7.75. The maximum atomic E-state index is 5.96. The van der Waals surface area contributed by atoms with Crippen molar-refractivity contribution < 1.29 is 0 Å². The van der Waals surface area contributed by atoms with E-state index in [2.05, 4.69) is 15.0 Å². The van der Waals surface area contributed by atoms with Crippen molar-refractivity contribution in [3.05, 3.63) is 23.8 Å². The van der Waals surface area contributed by atoms with Gasteiger partial charge in [0, 0.05) is 12.1 Å². The molecule has 16 heavy (non-hydrogen) atoms. The zero-order valence-corrected chi connectivity index (χ0v) is 9.69. The molecule has 1 saturated carbocycles. The van der Waals surface area contributed by atoms with Crippen LogP contribution in [0.25, 0.3) is 0 Å². The lowest BCUT2D eigenvalue weighted by Crippen LogP contribution is -2.21. The molecule has 1 aliphatic carbocycles. The fourth-order valence-electron chi connectivity index (χ4n) is 2.02. The zero-order chi connectivity index (χ0) is 11.4. The first kappa shape index (κ1) is 11.0. The van der Waals surface area contributed by atoms with Crippen molar-refractivity contribution in [3.8, 4) is 0 Å². The van der Waals surface area contributed by atoms with Gasteiger partial charge in [0.15, 0.2) is 0 Å². The summed E-state index contributed by atoms with van der Waals surface area (Å²) in [5.74, 6) is 1.29. The minimum Gasteiger partial charge on any atom is -0.387 e. The molecule has 2 rings (SSSR count). The normalized spacial score (nSPS) is 17.9. The van der Waals surface area contributed by atoms with Crippen LogP contribution < -0.4 is 5.73 Å². The van der Waals surface area contributed by atoms with Gasteiger partial charge >= 0.3 is 0 Å². The zero-order valence-electron chi connectivity index (χ0n) is 9.69. The summed E-state index contributed by atoms with van der Waals surface area (Å²) in [5.41, 5.74) is 7.77. The molecule has 0 saturated heterocycles. The average Bonchev–Trinajstić information content (AvgIpc) is 2.81. The van der Waals surface area contributed by atoms with Crippen LogP contribution in [0.1, 0.15) is 37.1 Å². The maximum Gasteiger partial charge on any atom is 0.0973 e. The third-order valence-corrected chi connectivity index (χ3v) is 3.03. The van der Waals surface area contributed by atoms with Crippen LogP contribution in [0, 0.1) is 12.8 Å². The highest BCUT2D eigenvalue weighted by molar-refractivity contribution is 5.83. The van der Waals surface area contributed by atoms with E-state index in [-0.39, 0.29) is 0 Å². The van der Waals surface area contributed by atoms with Gasteiger partial charge in [-0.1, -0.05) is 12.8 Å². The van der Waals surface area contributed by atoms with E-state index in [9.17, 15) is 0 Å². The molecule has 0 aromatic carbocycles. The molecule has 1 aliphatic rings. The summed E-state index contributed by atoms with van der Waals surface area (Å²) in [7, 11) is 0. The Morgan fingerprint density at radius 3 is 2.75 bits per heavy atom. The van der Waals surface area contributed by atoms with Crippen LogP contribution >= 0.6 is 0 Å². The van der Waals surface area contributed by atoms with Crippen molar-refractivity contribution in [2.75, 3.05) is 0 Å². The lowest BCUT2D eigenvalue weighted by Gasteiger charge is -2.07. The van der Waals surface area contributed by atoms with E-state index in [4.69, 9.17) is 5.73 Å². The average molecular weight is 218 g/mol. The Hall–Kier alpha value is -1.45. The molecule has 0 atom stereocenters. The highest BCUT2D eigenvalue weighted by atomic mass is 14.9. The monoisotopic (exact) mass is 218 g/mol. The summed E-state index contributed by atoms with van der Waals surface area (Å²) < 4.78 is 0. The van der Waals surface area contributed by atoms with Gasteiger partial charge in [-0.3, -0.25) is 15.0 Å². The quantitative estimate of drug-likeness (QED) is 0.622. The minimum absolute atomic E-state index is 0.499. The number of aromatic nitrogens is 2. The van der Waals surface area contributed by atoms with Crippen molar-refractivity contribution in [3.63, 3.8) is 0 Å². The van der Waals surface area contributed by atoms with Crippen molar-refractivity contribution in [2.24, 2.45) is 16.6 Å². The molecule has 0 aliphatic heterocycles. The Morgan fingerprint density at radius 2 is 2.12 bits per heavy atom. The number of amidine groups is 1. The predicted molar refractivity (Wildman–Crippen MR) is 64.1 cm³/mol. The van der Waals surface area contributed by atoms with Crippen LogP contribution in [0.2, 0.25) is 0 Å². The van der Waals surface area contributed by atoms with E-state index in [1.807, 2.05) is 6.92 Å². The largest absolute Gasteiger partial charge is 0.387 e. The van der Waals surface area contributed by atoms with E-state index in [1.165, 1.54) is 25.7 Å². The molecule has 0 radical (unpaired) electrons. The summed E-state index contributed by atoms with van der Waals surface area (Å²) in [5, 5.41) is 0. The minimum atomic E-state index is 0.499. The van der Waals surface area contributed by atoms with Crippen LogP contribution in [0.15, 0.2) is 17.4 Å². The third kappa shape index (κ3) is 2.78. The summed E-state index contributed by atoms with van der Waals surface area (Å²) >= 11 is 0. The Morgan fingerprint density at radius 1 is 1.38 bits per heavy atom. The summed E-state index contributed by atoms with van der Waals surface area (Å²) in [6.45, 7) is 2.47. The number of aryl methyl sites for hydroxylation is 1. The van der Waals surface area contributed by atoms with Gasteiger partial charge in [0.25, 0.3) is 0 Å². The number of hydrogen-bond acceptors (Lipinski definition) is 3. The van der Waals surface area contributed by atoms with Crippen LogP contribution in [0.3, 0.4) is 0 Å². The molecule has 1 aromatic heterocycles. The highest BCUT2D eigenvalue weighted by Crippen LogP contribution is 2.24. The number of rotatable bonds is 3. The third-order valence-electron chi connectivity index (χ3n) is 3.03. The molecule has 0 spiro atoms. The van der Waals surface area contributed by atoms with Gasteiger partial charge in [0.2, 0.25) is 0 Å². The molecule has 0 bridgehead atoms. The second-order valence-electron chi connectivity index (χ2n) is 4.37. The number of aliphatic imine (C=N–C) groups is 1.